The van der Waals surface area contributed by atoms with Crippen molar-refractivity contribution in [1.29, 1.82) is 0 Å². The molecule has 0 aliphatic rings. The molecule has 3 heteroatoms. The summed E-state index contributed by atoms with van der Waals surface area (Å²) in [4.78, 5) is 2.27. The summed E-state index contributed by atoms with van der Waals surface area (Å²) in [6.45, 7) is 7.07. The van der Waals surface area contributed by atoms with Crippen molar-refractivity contribution in [1.82, 2.24) is 5.32 Å². The third-order valence-corrected chi connectivity index (χ3v) is 4.30. The van der Waals surface area contributed by atoms with E-state index in [1.807, 2.05) is 6.07 Å². The molecule has 0 radical (unpaired) electrons. The SMILES string of the molecule is CCNC(C)c1cc(F)ccc1Sc1ccc(C)cc1. The molecule has 0 bridgehead atoms. The van der Waals surface area contributed by atoms with Crippen molar-refractivity contribution in [2.24, 2.45) is 0 Å². The summed E-state index contributed by atoms with van der Waals surface area (Å²) in [6.07, 6.45) is 0. The highest BCUT2D eigenvalue weighted by Crippen LogP contribution is 2.33. The lowest BCUT2D eigenvalue weighted by molar-refractivity contribution is 0.574. The number of nitrogens with one attached hydrogen (secondary N) is 1. The smallest absolute Gasteiger partial charge is 0.123 e. The van der Waals surface area contributed by atoms with E-state index in [-0.39, 0.29) is 11.9 Å². The van der Waals surface area contributed by atoms with Gasteiger partial charge in [-0.15, -0.1) is 0 Å². The van der Waals surface area contributed by atoms with Crippen LogP contribution in [-0.4, -0.2) is 6.54 Å². The average molecular weight is 289 g/mol. The fourth-order valence-electron chi connectivity index (χ4n) is 2.10. The van der Waals surface area contributed by atoms with Crippen LogP contribution in [0.5, 0.6) is 0 Å². The van der Waals surface area contributed by atoms with E-state index in [9.17, 15) is 4.39 Å². The third kappa shape index (κ3) is 3.84. The Kier molecular flexibility index (Phi) is 5.21. The van der Waals surface area contributed by atoms with Gasteiger partial charge in [-0.05, 0) is 56.3 Å². The lowest BCUT2D eigenvalue weighted by atomic mass is 10.1. The molecule has 0 amide bonds. The number of rotatable bonds is 5. The van der Waals surface area contributed by atoms with Gasteiger partial charge < -0.3 is 5.32 Å². The highest BCUT2D eigenvalue weighted by Gasteiger charge is 2.12. The maximum atomic E-state index is 13.5. The van der Waals surface area contributed by atoms with Gasteiger partial charge in [0.05, 0.1) is 0 Å². The molecule has 0 aromatic heterocycles. The maximum Gasteiger partial charge on any atom is 0.123 e. The van der Waals surface area contributed by atoms with Gasteiger partial charge in [-0.25, -0.2) is 4.39 Å². The normalized spacial score (nSPS) is 12.4. The molecule has 2 aromatic rings. The summed E-state index contributed by atoms with van der Waals surface area (Å²) >= 11 is 1.68. The fraction of sp³-hybridized carbons (Fsp3) is 0.294. The van der Waals surface area contributed by atoms with Gasteiger partial charge in [0.1, 0.15) is 5.82 Å². The molecular weight excluding hydrogens is 269 g/mol. The predicted octanol–water partition coefficient (Wildman–Crippen LogP) is 4.96. The van der Waals surface area contributed by atoms with Gasteiger partial charge in [0.15, 0.2) is 0 Å². The molecule has 0 fully saturated rings. The van der Waals surface area contributed by atoms with E-state index in [0.29, 0.717) is 0 Å². The Balaban J connectivity index is 2.28. The van der Waals surface area contributed by atoms with Crippen LogP contribution in [0.4, 0.5) is 4.39 Å². The molecule has 1 atom stereocenters. The molecule has 0 saturated heterocycles. The van der Waals surface area contributed by atoms with E-state index in [0.717, 1.165) is 17.0 Å². The number of hydrogen-bond acceptors (Lipinski definition) is 2. The Morgan fingerprint density at radius 2 is 1.85 bits per heavy atom. The third-order valence-electron chi connectivity index (χ3n) is 3.20. The molecule has 1 unspecified atom stereocenters. The van der Waals surface area contributed by atoms with Crippen LogP contribution in [0, 0.1) is 12.7 Å². The van der Waals surface area contributed by atoms with Crippen molar-refractivity contribution in [3.8, 4) is 0 Å². The average Bonchev–Trinajstić information content (AvgIpc) is 2.43. The Bertz CT molecular complexity index is 566. The second kappa shape index (κ2) is 6.91. The van der Waals surface area contributed by atoms with Crippen LogP contribution < -0.4 is 5.32 Å². The van der Waals surface area contributed by atoms with Crippen LogP contribution in [0.2, 0.25) is 0 Å². The summed E-state index contributed by atoms with van der Waals surface area (Å²) < 4.78 is 13.5. The summed E-state index contributed by atoms with van der Waals surface area (Å²) in [5.74, 6) is -0.182. The van der Waals surface area contributed by atoms with Gasteiger partial charge in [0.25, 0.3) is 0 Å². The molecule has 1 nitrogen and oxygen atoms in total. The first kappa shape index (κ1) is 15.1. The van der Waals surface area contributed by atoms with Gasteiger partial charge in [-0.2, -0.15) is 0 Å². The molecule has 0 heterocycles. The topological polar surface area (TPSA) is 12.0 Å². The van der Waals surface area contributed by atoms with Crippen molar-refractivity contribution in [3.63, 3.8) is 0 Å². The molecule has 1 N–H and O–H groups in total. The zero-order chi connectivity index (χ0) is 14.5. The summed E-state index contributed by atoms with van der Waals surface area (Å²) in [6, 6.07) is 13.6. The van der Waals surface area contributed by atoms with Crippen molar-refractivity contribution in [3.05, 3.63) is 59.4 Å². The largest absolute Gasteiger partial charge is 0.310 e. The van der Waals surface area contributed by atoms with Gasteiger partial charge in [0, 0.05) is 15.8 Å². The second-order valence-corrected chi connectivity index (χ2v) is 5.99. The summed E-state index contributed by atoms with van der Waals surface area (Å²) in [5.41, 5.74) is 2.26. The van der Waals surface area contributed by atoms with E-state index in [1.54, 1.807) is 17.8 Å². The number of aryl methyl sites for hydroxylation is 1. The summed E-state index contributed by atoms with van der Waals surface area (Å²) in [7, 11) is 0. The Hall–Kier alpha value is -1.32. The van der Waals surface area contributed by atoms with Gasteiger partial charge in [0.2, 0.25) is 0 Å². The van der Waals surface area contributed by atoms with Crippen LogP contribution >= 0.6 is 11.8 Å². The monoisotopic (exact) mass is 289 g/mol. The quantitative estimate of drug-likeness (QED) is 0.835. The standard InChI is InChI=1S/C17H20FNS/c1-4-19-13(3)16-11-14(18)7-10-17(16)20-15-8-5-12(2)6-9-15/h5-11,13,19H,4H2,1-3H3. The van der Waals surface area contributed by atoms with Crippen LogP contribution in [0.15, 0.2) is 52.3 Å². The van der Waals surface area contributed by atoms with E-state index in [1.165, 1.54) is 16.5 Å². The minimum Gasteiger partial charge on any atom is -0.310 e. The Labute approximate surface area is 124 Å². The number of benzene rings is 2. The summed E-state index contributed by atoms with van der Waals surface area (Å²) in [5, 5.41) is 3.34. The lowest BCUT2D eigenvalue weighted by Gasteiger charge is -2.17. The Morgan fingerprint density at radius 3 is 2.50 bits per heavy atom. The second-order valence-electron chi connectivity index (χ2n) is 4.88. The molecular formula is C17H20FNS. The zero-order valence-corrected chi connectivity index (χ0v) is 12.9. The van der Waals surface area contributed by atoms with Crippen molar-refractivity contribution < 1.29 is 4.39 Å². The fourth-order valence-corrected chi connectivity index (χ4v) is 3.12. The van der Waals surface area contributed by atoms with E-state index < -0.39 is 0 Å². The maximum absolute atomic E-state index is 13.5. The van der Waals surface area contributed by atoms with Crippen molar-refractivity contribution in [2.75, 3.05) is 6.54 Å². The van der Waals surface area contributed by atoms with Crippen LogP contribution in [-0.2, 0) is 0 Å². The molecule has 0 aliphatic carbocycles. The molecule has 2 rings (SSSR count). The first-order valence-electron chi connectivity index (χ1n) is 6.87. The Morgan fingerprint density at radius 1 is 1.15 bits per heavy atom. The first-order valence-corrected chi connectivity index (χ1v) is 7.69. The highest BCUT2D eigenvalue weighted by atomic mass is 32.2. The number of halogens is 1. The van der Waals surface area contributed by atoms with Gasteiger partial charge >= 0.3 is 0 Å². The van der Waals surface area contributed by atoms with Crippen LogP contribution in [0.25, 0.3) is 0 Å². The van der Waals surface area contributed by atoms with Crippen LogP contribution in [0.1, 0.15) is 31.0 Å². The molecule has 0 spiro atoms. The zero-order valence-electron chi connectivity index (χ0n) is 12.1. The highest BCUT2D eigenvalue weighted by molar-refractivity contribution is 7.99. The van der Waals surface area contributed by atoms with E-state index in [2.05, 4.69) is 50.4 Å². The van der Waals surface area contributed by atoms with Gasteiger partial charge in [-0.3, -0.25) is 0 Å². The van der Waals surface area contributed by atoms with Crippen LogP contribution in [0.3, 0.4) is 0 Å². The minimum absolute atomic E-state index is 0.142. The molecule has 0 aliphatic heterocycles. The van der Waals surface area contributed by atoms with Crippen molar-refractivity contribution in [2.45, 2.75) is 36.6 Å². The predicted molar refractivity (Wildman–Crippen MR) is 83.8 cm³/mol. The minimum atomic E-state index is -0.182. The number of hydrogen-bond donors (Lipinski definition) is 1. The molecule has 106 valence electrons. The van der Waals surface area contributed by atoms with E-state index >= 15 is 0 Å². The van der Waals surface area contributed by atoms with Crippen molar-refractivity contribution >= 4 is 11.8 Å². The molecule has 0 saturated carbocycles. The first-order chi connectivity index (χ1) is 9.60. The van der Waals surface area contributed by atoms with Gasteiger partial charge in [-0.1, -0.05) is 36.4 Å². The van der Waals surface area contributed by atoms with E-state index in [4.69, 9.17) is 0 Å². The lowest BCUT2D eigenvalue weighted by Crippen LogP contribution is -2.18. The molecule has 2 aromatic carbocycles. The molecule has 20 heavy (non-hydrogen) atoms.